The Kier molecular flexibility index (Phi) is 4.90. The summed E-state index contributed by atoms with van der Waals surface area (Å²) < 4.78 is 1.76. The van der Waals surface area contributed by atoms with E-state index >= 15 is 0 Å². The minimum Gasteiger partial charge on any atom is -0.490 e. The maximum Gasteiger partial charge on any atom is 1.00 e. The summed E-state index contributed by atoms with van der Waals surface area (Å²) in [5, 5.41) is 0. The minimum absolute atomic E-state index is 0. The fourth-order valence-corrected chi connectivity index (χ4v) is 0.440. The van der Waals surface area contributed by atoms with Crippen LogP contribution in [0.15, 0.2) is 31.1 Å². The Morgan fingerprint density at radius 1 is 1.25 bits per heavy atom. The monoisotopic (exact) mass is 131 g/mol. The average Bonchev–Trinajstić information content (AvgIpc) is 2.14. The maximum absolute atomic E-state index is 3.44. The molecule has 0 aliphatic carbocycles. The largest absolute Gasteiger partial charge is 1.00 e. The molecule has 0 amide bonds. The summed E-state index contributed by atoms with van der Waals surface area (Å²) in [5.41, 5.74) is 0. The van der Waals surface area contributed by atoms with Gasteiger partial charge in [-0.25, -0.2) is 0 Å². The van der Waals surface area contributed by atoms with Crippen molar-refractivity contribution in [1.82, 2.24) is 4.57 Å². The molecule has 0 unspecified atom stereocenters. The summed E-state index contributed by atoms with van der Waals surface area (Å²) >= 11 is 0. The quantitative estimate of drug-likeness (QED) is 0.316. The zero-order valence-electron chi connectivity index (χ0n) is 4.96. The van der Waals surface area contributed by atoms with Gasteiger partial charge in [-0.3, -0.25) is 0 Å². The third-order valence-corrected chi connectivity index (χ3v) is 0.787. The van der Waals surface area contributed by atoms with Crippen molar-refractivity contribution in [3.8, 4) is 0 Å². The van der Waals surface area contributed by atoms with E-state index in [0.717, 1.165) is 0 Å². The molecule has 0 bridgehead atoms. The van der Waals surface area contributed by atoms with Crippen LogP contribution in [0.4, 0.5) is 0 Å². The van der Waals surface area contributed by atoms with Crippen molar-refractivity contribution >= 4 is 0 Å². The Bertz CT molecular complexity index is 144. The molecule has 0 aliphatic heterocycles. The Balaban J connectivity index is 0.000000490. The van der Waals surface area contributed by atoms with Crippen molar-refractivity contribution in [2.75, 3.05) is 0 Å². The van der Waals surface area contributed by atoms with E-state index in [-0.39, 0.29) is 51.4 Å². The SMILES string of the molecule is C=[C-]n1cccc1.[K+]. The van der Waals surface area contributed by atoms with E-state index < -0.39 is 0 Å². The van der Waals surface area contributed by atoms with Crippen LogP contribution in [0.3, 0.4) is 0 Å². The zero-order chi connectivity index (χ0) is 5.11. The molecular formula is C6H6KN. The summed E-state index contributed by atoms with van der Waals surface area (Å²) in [5.74, 6) is 0. The molecule has 0 saturated carbocycles. The number of aromatic nitrogens is 1. The van der Waals surface area contributed by atoms with Crippen LogP contribution in [-0.2, 0) is 0 Å². The summed E-state index contributed by atoms with van der Waals surface area (Å²) in [4.78, 5) is 0. The van der Waals surface area contributed by atoms with Gasteiger partial charge in [0.05, 0.1) is 0 Å². The molecule has 0 atom stereocenters. The molecule has 8 heavy (non-hydrogen) atoms. The van der Waals surface area contributed by atoms with Crippen LogP contribution in [0.1, 0.15) is 0 Å². The molecule has 2 heteroatoms. The molecule has 1 heterocycles. The van der Waals surface area contributed by atoms with Crippen LogP contribution in [0, 0.1) is 6.20 Å². The Labute approximate surface area is 91.8 Å². The molecule has 0 N–H and O–H groups in total. The maximum atomic E-state index is 3.44. The molecule has 1 aromatic heterocycles. The molecule has 0 aromatic carbocycles. The van der Waals surface area contributed by atoms with Crippen molar-refractivity contribution in [1.29, 1.82) is 0 Å². The van der Waals surface area contributed by atoms with E-state index in [1.807, 2.05) is 24.5 Å². The topological polar surface area (TPSA) is 4.93 Å². The average molecular weight is 131 g/mol. The van der Waals surface area contributed by atoms with Crippen LogP contribution < -0.4 is 51.4 Å². The summed E-state index contributed by atoms with van der Waals surface area (Å²) in [7, 11) is 0. The third-order valence-electron chi connectivity index (χ3n) is 0.787. The molecule has 0 saturated heterocycles. The zero-order valence-corrected chi connectivity index (χ0v) is 8.09. The van der Waals surface area contributed by atoms with Crippen molar-refractivity contribution in [3.63, 3.8) is 0 Å². The Morgan fingerprint density at radius 2 is 1.75 bits per heavy atom. The van der Waals surface area contributed by atoms with Crippen LogP contribution in [0.2, 0.25) is 0 Å². The predicted molar refractivity (Wildman–Crippen MR) is 28.7 cm³/mol. The Hall–Kier alpha value is 0.656. The minimum atomic E-state index is 0. The number of hydrogen-bond acceptors (Lipinski definition) is 0. The van der Waals surface area contributed by atoms with Crippen molar-refractivity contribution in [3.05, 3.63) is 37.3 Å². The molecule has 36 valence electrons. The van der Waals surface area contributed by atoms with Gasteiger partial charge < -0.3 is 4.57 Å². The number of hydrogen-bond donors (Lipinski definition) is 0. The molecule has 1 nitrogen and oxygen atoms in total. The molecular weight excluding hydrogens is 125 g/mol. The van der Waals surface area contributed by atoms with Crippen LogP contribution >= 0.6 is 0 Å². The van der Waals surface area contributed by atoms with Gasteiger partial charge in [0, 0.05) is 0 Å². The standard InChI is InChI=1S/C6H6N.K/c1-2-7-5-3-4-6-7;/h3-6H,1H2;/q-1;+1. The van der Waals surface area contributed by atoms with E-state index in [1.165, 1.54) is 0 Å². The molecule has 0 aliphatic rings. The number of rotatable bonds is 1. The predicted octanol–water partition coefficient (Wildman–Crippen LogP) is -1.71. The first-order valence-electron chi connectivity index (χ1n) is 2.09. The van der Waals surface area contributed by atoms with Gasteiger partial charge in [-0.2, -0.15) is 0 Å². The summed E-state index contributed by atoms with van der Waals surface area (Å²) in [6.45, 7) is 3.44. The smallest absolute Gasteiger partial charge is 0.490 e. The van der Waals surface area contributed by atoms with E-state index in [1.54, 1.807) is 4.57 Å². The van der Waals surface area contributed by atoms with Gasteiger partial charge in [0.1, 0.15) is 0 Å². The summed E-state index contributed by atoms with van der Waals surface area (Å²) in [6.07, 6.45) is 6.44. The molecule has 0 spiro atoms. The van der Waals surface area contributed by atoms with E-state index in [2.05, 4.69) is 12.8 Å². The second-order valence-corrected chi connectivity index (χ2v) is 1.25. The Morgan fingerprint density at radius 3 is 2.00 bits per heavy atom. The molecule has 0 radical (unpaired) electrons. The van der Waals surface area contributed by atoms with Gasteiger partial charge in [0.2, 0.25) is 0 Å². The van der Waals surface area contributed by atoms with Gasteiger partial charge in [-0.1, -0.05) is 0 Å². The first-order valence-corrected chi connectivity index (χ1v) is 2.09. The first kappa shape index (κ1) is 8.66. The van der Waals surface area contributed by atoms with Gasteiger partial charge in [0.15, 0.2) is 0 Å². The van der Waals surface area contributed by atoms with Gasteiger partial charge in [-0.15, -0.1) is 37.3 Å². The number of nitrogens with zero attached hydrogens (tertiary/aromatic N) is 1. The van der Waals surface area contributed by atoms with Crippen molar-refractivity contribution in [2.45, 2.75) is 0 Å². The normalized spacial score (nSPS) is 7.50. The molecule has 1 rings (SSSR count). The van der Waals surface area contributed by atoms with Gasteiger partial charge >= 0.3 is 51.4 Å². The first-order chi connectivity index (χ1) is 3.43. The van der Waals surface area contributed by atoms with Gasteiger partial charge in [0.25, 0.3) is 0 Å². The van der Waals surface area contributed by atoms with Crippen molar-refractivity contribution in [2.24, 2.45) is 0 Å². The van der Waals surface area contributed by atoms with Gasteiger partial charge in [-0.05, 0) is 0 Å². The fraction of sp³-hybridized carbons (Fsp3) is 0. The second-order valence-electron chi connectivity index (χ2n) is 1.25. The van der Waals surface area contributed by atoms with Crippen molar-refractivity contribution < 1.29 is 51.4 Å². The third kappa shape index (κ3) is 2.28. The van der Waals surface area contributed by atoms with E-state index in [9.17, 15) is 0 Å². The van der Waals surface area contributed by atoms with E-state index in [4.69, 9.17) is 0 Å². The van der Waals surface area contributed by atoms with E-state index in [0.29, 0.717) is 0 Å². The van der Waals surface area contributed by atoms with Crippen LogP contribution in [-0.4, -0.2) is 4.57 Å². The fourth-order valence-electron chi connectivity index (χ4n) is 0.440. The molecule has 1 aromatic rings. The second kappa shape index (κ2) is 4.53. The van der Waals surface area contributed by atoms with Crippen LogP contribution in [0.25, 0.3) is 0 Å². The van der Waals surface area contributed by atoms with Crippen LogP contribution in [0.5, 0.6) is 0 Å². The molecule has 0 fully saturated rings. The summed E-state index contributed by atoms with van der Waals surface area (Å²) in [6, 6.07) is 3.86.